The summed E-state index contributed by atoms with van der Waals surface area (Å²) in [7, 11) is 0. The Bertz CT molecular complexity index is 882. The summed E-state index contributed by atoms with van der Waals surface area (Å²) in [5.41, 5.74) is 4.56. The van der Waals surface area contributed by atoms with Gasteiger partial charge in [-0.1, -0.05) is 48.5 Å². The average molecular weight is 426 g/mol. The third-order valence-corrected chi connectivity index (χ3v) is 5.32. The highest BCUT2D eigenvalue weighted by molar-refractivity contribution is 5.79. The van der Waals surface area contributed by atoms with Gasteiger partial charge in [-0.15, -0.1) is 0 Å². The van der Waals surface area contributed by atoms with Crippen molar-refractivity contribution in [3.63, 3.8) is 0 Å². The number of nitrogens with one attached hydrogen (secondary N) is 1. The molecule has 0 saturated carbocycles. The second-order valence-corrected chi connectivity index (χ2v) is 7.38. The Labute approximate surface area is 180 Å². The molecule has 0 heterocycles. The van der Waals surface area contributed by atoms with Crippen LogP contribution in [0.4, 0.5) is 4.79 Å². The zero-order chi connectivity index (χ0) is 22.2. The zero-order valence-electron chi connectivity index (χ0n) is 17.1. The lowest BCUT2D eigenvalue weighted by Crippen LogP contribution is -2.37. The Morgan fingerprint density at radius 2 is 1.35 bits per heavy atom. The van der Waals surface area contributed by atoms with Crippen molar-refractivity contribution in [1.29, 1.82) is 0 Å². The lowest BCUT2D eigenvalue weighted by atomic mass is 9.98. The van der Waals surface area contributed by atoms with Crippen LogP contribution in [0.2, 0.25) is 0 Å². The lowest BCUT2D eigenvalue weighted by Gasteiger charge is -2.21. The van der Waals surface area contributed by atoms with Gasteiger partial charge in [-0.05, 0) is 22.3 Å². The van der Waals surface area contributed by atoms with Gasteiger partial charge in [0.25, 0.3) is 0 Å². The minimum Gasteiger partial charge on any atom is -0.481 e. The van der Waals surface area contributed by atoms with Crippen LogP contribution >= 0.6 is 0 Å². The number of carboxylic acid groups (broad SMARTS) is 2. The third kappa shape index (κ3) is 6.05. The van der Waals surface area contributed by atoms with Crippen molar-refractivity contribution in [2.24, 2.45) is 0 Å². The Balaban J connectivity index is 1.50. The molecule has 0 radical (unpaired) electrons. The normalized spacial score (nSPS) is 12.3. The van der Waals surface area contributed by atoms with Gasteiger partial charge in [-0.3, -0.25) is 9.59 Å². The Morgan fingerprint density at radius 1 is 0.839 bits per heavy atom. The van der Waals surface area contributed by atoms with Gasteiger partial charge in [-0.2, -0.15) is 0 Å². The molecule has 1 aliphatic rings. The molecule has 0 spiro atoms. The number of carbonyl (C=O) groups is 3. The van der Waals surface area contributed by atoms with Crippen molar-refractivity contribution in [1.82, 2.24) is 10.2 Å². The van der Waals surface area contributed by atoms with E-state index in [0.29, 0.717) is 6.54 Å². The number of aliphatic carboxylic acids is 2. The molecule has 1 aliphatic carbocycles. The first kappa shape index (κ1) is 22.3. The van der Waals surface area contributed by atoms with E-state index in [-0.39, 0.29) is 45.0 Å². The highest BCUT2D eigenvalue weighted by Crippen LogP contribution is 2.44. The summed E-state index contributed by atoms with van der Waals surface area (Å²) in [5, 5.41) is 20.3. The van der Waals surface area contributed by atoms with Crippen molar-refractivity contribution in [2.75, 3.05) is 32.8 Å². The predicted octanol–water partition coefficient (Wildman–Crippen LogP) is 2.78. The van der Waals surface area contributed by atoms with E-state index in [2.05, 4.69) is 17.4 Å². The number of amides is 1. The summed E-state index contributed by atoms with van der Waals surface area (Å²) >= 11 is 0. The summed E-state index contributed by atoms with van der Waals surface area (Å²) in [4.78, 5) is 35.5. The minimum atomic E-state index is -0.954. The molecular formula is C23H26N2O6. The smallest absolute Gasteiger partial charge is 0.407 e. The molecule has 0 saturated heterocycles. The lowest BCUT2D eigenvalue weighted by molar-refractivity contribution is -0.137. The molecule has 2 aromatic carbocycles. The second kappa shape index (κ2) is 10.6. The van der Waals surface area contributed by atoms with E-state index < -0.39 is 18.0 Å². The van der Waals surface area contributed by atoms with Crippen molar-refractivity contribution in [3.8, 4) is 11.1 Å². The largest absolute Gasteiger partial charge is 0.481 e. The van der Waals surface area contributed by atoms with Crippen LogP contribution in [0.3, 0.4) is 0 Å². The van der Waals surface area contributed by atoms with Crippen LogP contribution in [-0.4, -0.2) is 65.9 Å². The van der Waals surface area contributed by atoms with Crippen molar-refractivity contribution in [2.45, 2.75) is 18.8 Å². The first-order valence-electron chi connectivity index (χ1n) is 10.2. The fraction of sp³-hybridized carbons (Fsp3) is 0.348. The van der Waals surface area contributed by atoms with Crippen LogP contribution in [0.15, 0.2) is 48.5 Å². The quantitative estimate of drug-likeness (QED) is 0.506. The summed E-state index contributed by atoms with van der Waals surface area (Å²) in [5.74, 6) is -1.93. The minimum absolute atomic E-state index is 0.0271. The van der Waals surface area contributed by atoms with E-state index in [9.17, 15) is 14.4 Å². The molecule has 1 amide bonds. The van der Waals surface area contributed by atoms with Crippen LogP contribution in [0.5, 0.6) is 0 Å². The molecule has 164 valence electrons. The van der Waals surface area contributed by atoms with Crippen LogP contribution in [0.25, 0.3) is 11.1 Å². The molecule has 0 bridgehead atoms. The van der Waals surface area contributed by atoms with Gasteiger partial charge in [0.2, 0.25) is 0 Å². The number of carboxylic acids is 2. The summed E-state index contributed by atoms with van der Waals surface area (Å²) in [6.07, 6.45) is -0.743. The fourth-order valence-electron chi connectivity index (χ4n) is 3.81. The second-order valence-electron chi connectivity index (χ2n) is 7.38. The Kier molecular flexibility index (Phi) is 7.61. The molecule has 0 fully saturated rings. The maximum atomic E-state index is 12.2. The summed E-state index contributed by atoms with van der Waals surface area (Å²) in [6, 6.07) is 16.2. The van der Waals surface area contributed by atoms with Gasteiger partial charge < -0.3 is 25.2 Å². The molecule has 8 heteroatoms. The van der Waals surface area contributed by atoms with Crippen molar-refractivity contribution < 1.29 is 29.3 Å². The number of rotatable bonds is 11. The number of nitrogens with zero attached hydrogens (tertiary/aromatic N) is 1. The van der Waals surface area contributed by atoms with Gasteiger partial charge in [0.05, 0.1) is 12.8 Å². The standard InChI is InChI=1S/C23H26N2O6/c26-21(27)9-12-25(13-10-22(28)29)14-11-24-23(30)31-15-20-18-7-3-1-5-16(18)17-6-2-4-8-19(17)20/h1-8,20H,9-15H2,(H,24,30)(H,26,27)(H,28,29). The topological polar surface area (TPSA) is 116 Å². The van der Waals surface area contributed by atoms with Crippen LogP contribution < -0.4 is 5.32 Å². The third-order valence-electron chi connectivity index (χ3n) is 5.32. The number of alkyl carbamates (subject to hydrolysis) is 1. The van der Waals surface area contributed by atoms with Gasteiger partial charge in [-0.25, -0.2) is 4.79 Å². The predicted molar refractivity (Wildman–Crippen MR) is 114 cm³/mol. The maximum Gasteiger partial charge on any atom is 0.407 e. The van der Waals surface area contributed by atoms with E-state index in [4.69, 9.17) is 14.9 Å². The number of benzene rings is 2. The van der Waals surface area contributed by atoms with Gasteiger partial charge in [0.1, 0.15) is 6.61 Å². The molecule has 0 aliphatic heterocycles. The number of hydrogen-bond donors (Lipinski definition) is 3. The van der Waals surface area contributed by atoms with Crippen molar-refractivity contribution >= 4 is 18.0 Å². The number of hydrogen-bond acceptors (Lipinski definition) is 5. The fourth-order valence-corrected chi connectivity index (χ4v) is 3.81. The van der Waals surface area contributed by atoms with E-state index in [0.717, 1.165) is 22.3 Å². The summed E-state index contributed by atoms with van der Waals surface area (Å²) < 4.78 is 5.46. The number of fused-ring (bicyclic) bond motifs is 3. The molecule has 3 rings (SSSR count). The first-order valence-corrected chi connectivity index (χ1v) is 10.2. The average Bonchev–Trinajstić information content (AvgIpc) is 3.07. The van der Waals surface area contributed by atoms with E-state index in [1.165, 1.54) is 0 Å². The van der Waals surface area contributed by atoms with E-state index in [1.54, 1.807) is 4.90 Å². The van der Waals surface area contributed by atoms with Gasteiger partial charge in [0, 0.05) is 32.1 Å². The van der Waals surface area contributed by atoms with Crippen molar-refractivity contribution in [3.05, 3.63) is 59.7 Å². The molecule has 3 N–H and O–H groups in total. The monoisotopic (exact) mass is 426 g/mol. The highest BCUT2D eigenvalue weighted by atomic mass is 16.5. The first-order chi connectivity index (χ1) is 15.0. The summed E-state index contributed by atoms with van der Waals surface area (Å²) in [6.45, 7) is 1.21. The van der Waals surface area contributed by atoms with Gasteiger partial charge >= 0.3 is 18.0 Å². The van der Waals surface area contributed by atoms with Gasteiger partial charge in [0.15, 0.2) is 0 Å². The molecular weight excluding hydrogens is 400 g/mol. The number of ether oxygens (including phenoxy) is 1. The molecule has 31 heavy (non-hydrogen) atoms. The molecule has 0 atom stereocenters. The van der Waals surface area contributed by atoms with Crippen LogP contribution in [0, 0.1) is 0 Å². The molecule has 8 nitrogen and oxygen atoms in total. The number of carbonyl (C=O) groups excluding carboxylic acids is 1. The van der Waals surface area contributed by atoms with E-state index >= 15 is 0 Å². The van der Waals surface area contributed by atoms with Crippen LogP contribution in [-0.2, 0) is 14.3 Å². The molecule has 2 aromatic rings. The Hall–Kier alpha value is -3.39. The highest BCUT2D eigenvalue weighted by Gasteiger charge is 2.28. The SMILES string of the molecule is O=C(O)CCN(CCNC(=O)OCC1c2ccccc2-c2ccccc21)CCC(=O)O. The molecule has 0 unspecified atom stereocenters. The van der Waals surface area contributed by atoms with E-state index in [1.807, 2.05) is 36.4 Å². The molecule has 0 aromatic heterocycles. The maximum absolute atomic E-state index is 12.2. The zero-order valence-corrected chi connectivity index (χ0v) is 17.1. The van der Waals surface area contributed by atoms with Crippen LogP contribution in [0.1, 0.15) is 29.9 Å². The Morgan fingerprint density at radius 3 is 1.87 bits per heavy atom.